The van der Waals surface area contributed by atoms with E-state index < -0.39 is 0 Å². The first-order valence-electron chi connectivity index (χ1n) is 4.90. The van der Waals surface area contributed by atoms with E-state index in [9.17, 15) is 9.90 Å². The summed E-state index contributed by atoms with van der Waals surface area (Å²) in [5.74, 6) is 0.192. The van der Waals surface area contributed by atoms with Gasteiger partial charge >= 0.3 is 5.63 Å². The van der Waals surface area contributed by atoms with E-state index in [4.69, 9.17) is 4.42 Å². The molecule has 1 N–H and O–H groups in total. The Morgan fingerprint density at radius 3 is 2.56 bits per heavy atom. The predicted octanol–water partition coefficient (Wildman–Crippen LogP) is 2.65. The zero-order valence-electron chi connectivity index (χ0n) is 8.31. The molecule has 16 heavy (non-hydrogen) atoms. The van der Waals surface area contributed by atoms with Crippen LogP contribution in [-0.2, 0) is 0 Å². The minimum Gasteiger partial charge on any atom is -0.507 e. The summed E-state index contributed by atoms with van der Waals surface area (Å²) in [5.41, 5.74) is 0.129. The van der Waals surface area contributed by atoms with Crippen LogP contribution in [0.15, 0.2) is 51.7 Å². The first-order valence-corrected chi connectivity index (χ1v) is 4.90. The molecule has 0 radical (unpaired) electrons. The quantitative estimate of drug-likeness (QED) is 0.460. The van der Waals surface area contributed by atoms with Crippen LogP contribution in [0.25, 0.3) is 21.7 Å². The molecular formula is C13H8O3. The lowest BCUT2D eigenvalue weighted by molar-refractivity contribution is 0.481. The fourth-order valence-corrected chi connectivity index (χ4v) is 1.88. The molecule has 0 aliphatic rings. The molecule has 1 aromatic heterocycles. The minimum atomic E-state index is -0.386. The maximum absolute atomic E-state index is 11.2. The molecule has 0 unspecified atom stereocenters. The van der Waals surface area contributed by atoms with Gasteiger partial charge in [0.05, 0.1) is 0 Å². The van der Waals surface area contributed by atoms with Crippen molar-refractivity contribution < 1.29 is 9.52 Å². The Hall–Kier alpha value is -2.29. The number of phenolic OH excluding ortho intramolecular Hbond substituents is 1. The number of fused-ring (bicyclic) bond motifs is 3. The molecule has 1 heterocycles. The molecule has 3 heteroatoms. The molecular weight excluding hydrogens is 204 g/mol. The van der Waals surface area contributed by atoms with Crippen LogP contribution in [0.5, 0.6) is 5.75 Å². The zero-order valence-corrected chi connectivity index (χ0v) is 8.31. The average molecular weight is 212 g/mol. The predicted molar refractivity (Wildman–Crippen MR) is 61.7 cm³/mol. The maximum Gasteiger partial charge on any atom is 0.336 e. The number of rotatable bonds is 0. The molecule has 0 bridgehead atoms. The molecule has 2 aromatic carbocycles. The summed E-state index contributed by atoms with van der Waals surface area (Å²) < 4.78 is 5.16. The van der Waals surface area contributed by atoms with Crippen LogP contribution in [0.3, 0.4) is 0 Å². The molecule has 0 aliphatic carbocycles. The number of hydrogen-bond acceptors (Lipinski definition) is 3. The van der Waals surface area contributed by atoms with Gasteiger partial charge in [-0.1, -0.05) is 24.3 Å². The Balaban J connectivity index is 2.66. The van der Waals surface area contributed by atoms with Crippen molar-refractivity contribution in [1.29, 1.82) is 0 Å². The molecule has 3 aromatic rings. The van der Waals surface area contributed by atoms with Crippen molar-refractivity contribution in [2.45, 2.75) is 0 Å². The lowest BCUT2D eigenvalue weighted by Crippen LogP contribution is -1.94. The van der Waals surface area contributed by atoms with Crippen LogP contribution >= 0.6 is 0 Å². The van der Waals surface area contributed by atoms with E-state index in [1.165, 1.54) is 6.07 Å². The molecule has 0 fully saturated rings. The van der Waals surface area contributed by atoms with E-state index in [0.29, 0.717) is 11.0 Å². The van der Waals surface area contributed by atoms with Gasteiger partial charge < -0.3 is 9.52 Å². The van der Waals surface area contributed by atoms with Crippen LogP contribution in [0.1, 0.15) is 0 Å². The monoisotopic (exact) mass is 212 g/mol. The Kier molecular flexibility index (Phi) is 1.74. The van der Waals surface area contributed by atoms with E-state index in [-0.39, 0.29) is 11.4 Å². The molecule has 3 rings (SSSR count). The third kappa shape index (κ3) is 1.18. The van der Waals surface area contributed by atoms with Gasteiger partial charge in [-0.2, -0.15) is 0 Å². The number of benzene rings is 2. The summed E-state index contributed by atoms with van der Waals surface area (Å²) in [5, 5.41) is 12.0. The molecule has 0 aliphatic heterocycles. The third-order valence-corrected chi connectivity index (χ3v) is 2.60. The van der Waals surface area contributed by atoms with Crippen LogP contribution in [0, 0.1) is 0 Å². The second-order valence-electron chi connectivity index (χ2n) is 3.61. The van der Waals surface area contributed by atoms with E-state index in [1.54, 1.807) is 18.2 Å². The summed E-state index contributed by atoms with van der Waals surface area (Å²) in [4.78, 5) is 11.2. The first-order chi connectivity index (χ1) is 7.75. The van der Waals surface area contributed by atoms with Crippen molar-refractivity contribution in [3.63, 3.8) is 0 Å². The Morgan fingerprint density at radius 2 is 1.75 bits per heavy atom. The highest BCUT2D eigenvalue weighted by Gasteiger charge is 2.07. The van der Waals surface area contributed by atoms with Gasteiger partial charge in [-0.3, -0.25) is 0 Å². The van der Waals surface area contributed by atoms with Crippen LogP contribution in [0.4, 0.5) is 0 Å². The standard InChI is InChI=1S/C13H8O3/c14-11-7-8-5-6-12(15)16-13(8)10-4-2-1-3-9(10)11/h1-7,14H. The molecule has 0 saturated carbocycles. The Labute approximate surface area is 90.6 Å². The van der Waals surface area contributed by atoms with E-state index in [2.05, 4.69) is 0 Å². The largest absolute Gasteiger partial charge is 0.507 e. The molecule has 0 atom stereocenters. The Bertz CT molecular complexity index is 741. The summed E-state index contributed by atoms with van der Waals surface area (Å²) in [6, 6.07) is 11.9. The lowest BCUT2D eigenvalue weighted by Gasteiger charge is -2.03. The highest BCUT2D eigenvalue weighted by Crippen LogP contribution is 2.31. The topological polar surface area (TPSA) is 50.4 Å². The average Bonchev–Trinajstić information content (AvgIpc) is 2.31. The third-order valence-electron chi connectivity index (χ3n) is 2.60. The van der Waals surface area contributed by atoms with Crippen molar-refractivity contribution in [2.24, 2.45) is 0 Å². The van der Waals surface area contributed by atoms with Gasteiger partial charge in [0.25, 0.3) is 0 Å². The zero-order chi connectivity index (χ0) is 11.1. The molecule has 0 spiro atoms. The van der Waals surface area contributed by atoms with Gasteiger partial charge in [0, 0.05) is 22.2 Å². The lowest BCUT2D eigenvalue weighted by atomic mass is 10.1. The van der Waals surface area contributed by atoms with Gasteiger partial charge in [-0.25, -0.2) is 4.79 Å². The second-order valence-corrected chi connectivity index (χ2v) is 3.61. The van der Waals surface area contributed by atoms with Crippen LogP contribution in [0.2, 0.25) is 0 Å². The number of aromatic hydroxyl groups is 1. The van der Waals surface area contributed by atoms with E-state index in [1.807, 2.05) is 18.2 Å². The molecule has 0 saturated heterocycles. The van der Waals surface area contributed by atoms with Gasteiger partial charge in [0.1, 0.15) is 11.3 Å². The van der Waals surface area contributed by atoms with Gasteiger partial charge in [0.15, 0.2) is 0 Å². The SMILES string of the molecule is O=c1ccc2cc(O)c3ccccc3c2o1. The normalized spacial score (nSPS) is 11.0. The fraction of sp³-hybridized carbons (Fsp3) is 0. The van der Waals surface area contributed by atoms with Crippen molar-refractivity contribution in [2.75, 3.05) is 0 Å². The molecule has 0 amide bonds. The van der Waals surface area contributed by atoms with Gasteiger partial charge in [-0.15, -0.1) is 0 Å². The summed E-state index contributed by atoms with van der Waals surface area (Å²) >= 11 is 0. The van der Waals surface area contributed by atoms with Crippen molar-refractivity contribution >= 4 is 21.7 Å². The van der Waals surface area contributed by atoms with Crippen molar-refractivity contribution in [3.05, 3.63) is 52.9 Å². The highest BCUT2D eigenvalue weighted by molar-refractivity contribution is 6.06. The van der Waals surface area contributed by atoms with Crippen molar-refractivity contribution in [3.8, 4) is 5.75 Å². The summed E-state index contributed by atoms with van der Waals surface area (Å²) in [7, 11) is 0. The summed E-state index contributed by atoms with van der Waals surface area (Å²) in [6.07, 6.45) is 0. The number of hydrogen-bond donors (Lipinski definition) is 1. The highest BCUT2D eigenvalue weighted by atomic mass is 16.4. The first kappa shape index (κ1) is 8.97. The molecule has 3 nitrogen and oxygen atoms in total. The van der Waals surface area contributed by atoms with Gasteiger partial charge in [0.2, 0.25) is 0 Å². The van der Waals surface area contributed by atoms with Crippen molar-refractivity contribution in [1.82, 2.24) is 0 Å². The molecule has 78 valence electrons. The minimum absolute atomic E-state index is 0.192. The smallest absolute Gasteiger partial charge is 0.336 e. The fourth-order valence-electron chi connectivity index (χ4n) is 1.88. The Morgan fingerprint density at radius 1 is 1.00 bits per heavy atom. The second kappa shape index (κ2) is 3.10. The number of phenols is 1. The van der Waals surface area contributed by atoms with Crippen LogP contribution in [-0.4, -0.2) is 5.11 Å². The maximum atomic E-state index is 11.2. The van der Waals surface area contributed by atoms with Crippen LogP contribution < -0.4 is 5.63 Å². The van der Waals surface area contributed by atoms with E-state index in [0.717, 1.165) is 10.8 Å². The van der Waals surface area contributed by atoms with E-state index >= 15 is 0 Å². The van der Waals surface area contributed by atoms with Gasteiger partial charge in [-0.05, 0) is 12.1 Å². The summed E-state index contributed by atoms with van der Waals surface area (Å²) in [6.45, 7) is 0.